The fraction of sp³-hybridized carbons (Fsp3) is 0.167. The van der Waals surface area contributed by atoms with E-state index in [0.717, 1.165) is 16.3 Å². The van der Waals surface area contributed by atoms with E-state index >= 15 is 0 Å². The predicted molar refractivity (Wildman–Crippen MR) is 134 cm³/mol. The van der Waals surface area contributed by atoms with E-state index in [2.05, 4.69) is 16.0 Å². The molecule has 1 aliphatic rings. The molecule has 0 bridgehead atoms. The van der Waals surface area contributed by atoms with Crippen LogP contribution in [-0.2, 0) is 4.79 Å². The van der Waals surface area contributed by atoms with Gasteiger partial charge in [-0.3, -0.25) is 4.79 Å². The maximum absolute atomic E-state index is 12.9. The lowest BCUT2D eigenvalue weighted by Crippen LogP contribution is -2.24. The molecule has 1 atom stereocenters. The molecule has 164 valence electrons. The summed E-state index contributed by atoms with van der Waals surface area (Å²) in [5.74, 6) is 1.27. The Bertz CT molecular complexity index is 1110. The number of amides is 1. The Balaban J connectivity index is 1.36. The minimum Gasteiger partial charge on any atom is -0.454 e. The van der Waals surface area contributed by atoms with Crippen LogP contribution in [0.1, 0.15) is 13.3 Å². The molecule has 0 fully saturated rings. The van der Waals surface area contributed by atoms with Crippen LogP contribution in [0.15, 0.2) is 77.7 Å². The van der Waals surface area contributed by atoms with Crippen LogP contribution >= 0.6 is 24.0 Å². The van der Waals surface area contributed by atoms with Crippen LogP contribution in [0.2, 0.25) is 0 Å². The second kappa shape index (κ2) is 10.4. The standard InChI is InChI=1S/C24H23N3O3S2/c1-2-22(23(28)25-18-11-12-20-21(14-18)30-15-29-20)32-19-10-6-9-17(13-19)27-24(31)26-16-7-4-3-5-8-16/h3-14,22H,2,15H2,1H3,(H,25,28)(H2,26,27,31). The van der Waals surface area contributed by atoms with Gasteiger partial charge in [-0.15, -0.1) is 11.8 Å². The summed E-state index contributed by atoms with van der Waals surface area (Å²) in [4.78, 5) is 13.8. The molecule has 1 aliphatic heterocycles. The Morgan fingerprint density at radius 3 is 2.44 bits per heavy atom. The number of thiocarbonyl (C=S) groups is 1. The zero-order valence-corrected chi connectivity index (χ0v) is 19.1. The number of para-hydroxylation sites is 1. The molecule has 1 heterocycles. The van der Waals surface area contributed by atoms with E-state index in [1.54, 1.807) is 12.1 Å². The van der Waals surface area contributed by atoms with Crippen molar-refractivity contribution in [2.24, 2.45) is 0 Å². The summed E-state index contributed by atoms with van der Waals surface area (Å²) >= 11 is 6.92. The average Bonchev–Trinajstić information content (AvgIpc) is 3.26. The summed E-state index contributed by atoms with van der Waals surface area (Å²) in [5, 5.41) is 9.59. The summed E-state index contributed by atoms with van der Waals surface area (Å²) in [6.45, 7) is 2.20. The van der Waals surface area contributed by atoms with Gasteiger partial charge < -0.3 is 25.4 Å². The Kier molecular flexibility index (Phi) is 7.14. The SMILES string of the molecule is CCC(Sc1cccc(NC(=S)Nc2ccccc2)c1)C(=O)Nc1ccc2c(c1)OCO2. The van der Waals surface area contributed by atoms with E-state index in [1.165, 1.54) is 11.8 Å². The molecule has 0 spiro atoms. The normalized spacial score (nSPS) is 12.7. The van der Waals surface area contributed by atoms with Gasteiger partial charge in [0.05, 0.1) is 5.25 Å². The molecule has 0 radical (unpaired) electrons. The highest BCUT2D eigenvalue weighted by Crippen LogP contribution is 2.35. The van der Waals surface area contributed by atoms with Gasteiger partial charge in [0.25, 0.3) is 0 Å². The predicted octanol–water partition coefficient (Wildman–Crippen LogP) is 5.73. The molecular weight excluding hydrogens is 442 g/mol. The number of nitrogens with one attached hydrogen (secondary N) is 3. The average molecular weight is 466 g/mol. The number of hydrogen-bond acceptors (Lipinski definition) is 5. The fourth-order valence-corrected chi connectivity index (χ4v) is 4.39. The van der Waals surface area contributed by atoms with Crippen molar-refractivity contribution in [3.63, 3.8) is 0 Å². The van der Waals surface area contributed by atoms with Crippen LogP contribution in [0.4, 0.5) is 17.1 Å². The summed E-state index contributed by atoms with van der Waals surface area (Å²) in [6, 6.07) is 23.0. The van der Waals surface area contributed by atoms with E-state index < -0.39 is 0 Å². The van der Waals surface area contributed by atoms with Gasteiger partial charge in [-0.05, 0) is 61.1 Å². The molecule has 0 aromatic heterocycles. The molecule has 32 heavy (non-hydrogen) atoms. The van der Waals surface area contributed by atoms with Crippen LogP contribution in [-0.4, -0.2) is 23.1 Å². The van der Waals surface area contributed by atoms with Gasteiger partial charge in [0.2, 0.25) is 12.7 Å². The molecular formula is C24H23N3O3S2. The maximum Gasteiger partial charge on any atom is 0.237 e. The zero-order chi connectivity index (χ0) is 22.3. The summed E-state index contributed by atoms with van der Waals surface area (Å²) < 4.78 is 10.7. The Labute approximate surface area is 196 Å². The lowest BCUT2D eigenvalue weighted by Gasteiger charge is -2.16. The molecule has 1 amide bonds. The summed E-state index contributed by atoms with van der Waals surface area (Å²) in [6.07, 6.45) is 0.687. The Morgan fingerprint density at radius 2 is 1.62 bits per heavy atom. The Morgan fingerprint density at radius 1 is 0.906 bits per heavy atom. The minimum atomic E-state index is -0.245. The fourth-order valence-electron chi connectivity index (χ4n) is 3.15. The quantitative estimate of drug-likeness (QED) is 0.304. The molecule has 3 N–H and O–H groups in total. The van der Waals surface area contributed by atoms with Gasteiger partial charge in [0, 0.05) is 28.0 Å². The molecule has 3 aromatic rings. The summed E-state index contributed by atoms with van der Waals surface area (Å²) in [7, 11) is 0. The van der Waals surface area contributed by atoms with Crippen molar-refractivity contribution in [1.29, 1.82) is 0 Å². The third kappa shape index (κ3) is 5.72. The van der Waals surface area contributed by atoms with Crippen molar-refractivity contribution >= 4 is 52.1 Å². The van der Waals surface area contributed by atoms with Gasteiger partial charge >= 0.3 is 0 Å². The smallest absolute Gasteiger partial charge is 0.237 e. The van der Waals surface area contributed by atoms with E-state index in [1.807, 2.05) is 67.6 Å². The van der Waals surface area contributed by atoms with E-state index in [0.29, 0.717) is 28.7 Å². The van der Waals surface area contributed by atoms with E-state index in [4.69, 9.17) is 21.7 Å². The number of ether oxygens (including phenoxy) is 2. The first-order chi connectivity index (χ1) is 15.6. The van der Waals surface area contributed by atoms with Crippen LogP contribution in [0.25, 0.3) is 0 Å². The van der Waals surface area contributed by atoms with E-state index in [9.17, 15) is 4.79 Å². The topological polar surface area (TPSA) is 71.6 Å². The highest BCUT2D eigenvalue weighted by Gasteiger charge is 2.20. The molecule has 3 aromatic carbocycles. The molecule has 1 unspecified atom stereocenters. The van der Waals surface area contributed by atoms with Crippen LogP contribution < -0.4 is 25.4 Å². The number of rotatable bonds is 7. The highest BCUT2D eigenvalue weighted by molar-refractivity contribution is 8.00. The summed E-state index contributed by atoms with van der Waals surface area (Å²) in [5.41, 5.74) is 2.46. The van der Waals surface area contributed by atoms with Gasteiger partial charge in [-0.2, -0.15) is 0 Å². The first-order valence-electron chi connectivity index (χ1n) is 10.2. The van der Waals surface area contributed by atoms with Crippen molar-refractivity contribution in [2.45, 2.75) is 23.5 Å². The van der Waals surface area contributed by atoms with Crippen molar-refractivity contribution in [3.05, 3.63) is 72.8 Å². The lowest BCUT2D eigenvalue weighted by molar-refractivity contribution is -0.115. The third-order valence-electron chi connectivity index (χ3n) is 4.71. The van der Waals surface area contributed by atoms with Crippen LogP contribution in [0.5, 0.6) is 11.5 Å². The van der Waals surface area contributed by atoms with Gasteiger partial charge in [0.15, 0.2) is 16.6 Å². The maximum atomic E-state index is 12.9. The number of fused-ring (bicyclic) bond motifs is 1. The highest BCUT2D eigenvalue weighted by atomic mass is 32.2. The number of hydrogen-bond donors (Lipinski definition) is 3. The van der Waals surface area contributed by atoms with Crippen molar-refractivity contribution in [2.75, 3.05) is 22.7 Å². The first-order valence-corrected chi connectivity index (χ1v) is 11.5. The Hall–Kier alpha value is -3.23. The lowest BCUT2D eigenvalue weighted by atomic mass is 10.2. The molecule has 0 saturated carbocycles. The molecule has 4 rings (SSSR count). The molecule has 0 saturated heterocycles. The molecule has 6 nitrogen and oxygen atoms in total. The van der Waals surface area contributed by atoms with Crippen LogP contribution in [0.3, 0.4) is 0 Å². The molecule has 8 heteroatoms. The number of thioether (sulfide) groups is 1. The van der Waals surface area contributed by atoms with Gasteiger partial charge in [0.1, 0.15) is 0 Å². The monoisotopic (exact) mass is 465 g/mol. The third-order valence-corrected chi connectivity index (χ3v) is 6.27. The first kappa shape index (κ1) is 22.0. The molecule has 0 aliphatic carbocycles. The number of benzene rings is 3. The number of anilines is 3. The second-order valence-electron chi connectivity index (χ2n) is 7.05. The van der Waals surface area contributed by atoms with Gasteiger partial charge in [-0.25, -0.2) is 0 Å². The number of carbonyl (C=O) groups is 1. The van der Waals surface area contributed by atoms with Crippen molar-refractivity contribution in [3.8, 4) is 11.5 Å². The van der Waals surface area contributed by atoms with Crippen molar-refractivity contribution < 1.29 is 14.3 Å². The minimum absolute atomic E-state index is 0.0593. The van der Waals surface area contributed by atoms with Crippen LogP contribution in [0, 0.1) is 0 Å². The van der Waals surface area contributed by atoms with E-state index in [-0.39, 0.29) is 18.0 Å². The zero-order valence-electron chi connectivity index (χ0n) is 17.5. The largest absolute Gasteiger partial charge is 0.454 e. The second-order valence-corrected chi connectivity index (χ2v) is 8.73. The van der Waals surface area contributed by atoms with Gasteiger partial charge in [-0.1, -0.05) is 31.2 Å². The van der Waals surface area contributed by atoms with Crippen molar-refractivity contribution in [1.82, 2.24) is 0 Å². The number of carbonyl (C=O) groups excluding carboxylic acids is 1.